The molecule has 2 fully saturated rings. The van der Waals surface area contributed by atoms with Crippen molar-refractivity contribution in [3.05, 3.63) is 58.5 Å². The smallest absolute Gasteiger partial charge is 0.267 e. The highest BCUT2D eigenvalue weighted by Gasteiger charge is 2.38. The number of amides is 1. The zero-order valence-electron chi connectivity index (χ0n) is 20.5. The van der Waals surface area contributed by atoms with E-state index < -0.39 is 0 Å². The Kier molecular flexibility index (Phi) is 7.99. The Bertz CT molecular complexity index is 1070. The number of aliphatic imine (C=N–C) groups is 1. The van der Waals surface area contributed by atoms with Crippen LogP contribution in [0.25, 0.3) is 6.08 Å². The molecule has 0 N–H and O–H groups in total. The molecule has 4 rings (SSSR count). The van der Waals surface area contributed by atoms with Gasteiger partial charge in [-0.25, -0.2) is 4.99 Å². The topological polar surface area (TPSA) is 51.1 Å². The molecule has 0 spiro atoms. The predicted molar refractivity (Wildman–Crippen MR) is 141 cm³/mol. The fourth-order valence-corrected chi connectivity index (χ4v) is 5.36. The number of hydrogen-bond acceptors (Lipinski definition) is 5. The summed E-state index contributed by atoms with van der Waals surface area (Å²) in [5.41, 5.74) is 2.90. The Morgan fingerprint density at radius 3 is 2.53 bits per heavy atom. The van der Waals surface area contributed by atoms with E-state index in [2.05, 4.69) is 32.9 Å². The number of ether oxygens (including phenoxy) is 2. The number of thioether (sulfide) groups is 1. The standard InChI is InChI=1S/C28H34N2O3S/c1-19(2)18-33-26-21(9-8-12-24(26)32-4)17-25-27(31)30(23-10-6-5-7-11-23)28(34-25)29-22-15-13-20(3)14-16-22/h8-9,12-17,19,23H,5-7,10-11,18H2,1-4H3/b25-17+,29-28?. The van der Waals surface area contributed by atoms with Crippen LogP contribution in [0.15, 0.2) is 52.4 Å². The minimum absolute atomic E-state index is 0.0281. The first-order chi connectivity index (χ1) is 16.5. The molecule has 1 aliphatic carbocycles. The summed E-state index contributed by atoms with van der Waals surface area (Å²) >= 11 is 1.45. The Balaban J connectivity index is 1.71. The highest BCUT2D eigenvalue weighted by molar-refractivity contribution is 8.18. The molecule has 0 aromatic heterocycles. The summed E-state index contributed by atoms with van der Waals surface area (Å²) in [6.07, 6.45) is 7.51. The quantitative estimate of drug-likeness (QED) is 0.403. The van der Waals surface area contributed by atoms with Gasteiger partial charge in [-0.1, -0.05) is 62.9 Å². The summed E-state index contributed by atoms with van der Waals surface area (Å²) in [4.78, 5) is 21.2. The first-order valence-electron chi connectivity index (χ1n) is 12.1. The molecule has 2 aliphatic rings. The zero-order valence-corrected chi connectivity index (χ0v) is 21.4. The van der Waals surface area contributed by atoms with Crippen LogP contribution in [0.1, 0.15) is 57.1 Å². The van der Waals surface area contributed by atoms with Crippen molar-refractivity contribution in [1.29, 1.82) is 0 Å². The predicted octanol–water partition coefficient (Wildman–Crippen LogP) is 6.98. The van der Waals surface area contributed by atoms with Crippen LogP contribution in [-0.4, -0.2) is 35.7 Å². The maximum absolute atomic E-state index is 13.7. The first-order valence-corrected chi connectivity index (χ1v) is 13.0. The van der Waals surface area contributed by atoms with Gasteiger partial charge in [0.15, 0.2) is 16.7 Å². The molecule has 2 aromatic carbocycles. The van der Waals surface area contributed by atoms with Gasteiger partial charge < -0.3 is 9.47 Å². The van der Waals surface area contributed by atoms with Crippen LogP contribution in [0.2, 0.25) is 0 Å². The number of aryl methyl sites for hydroxylation is 1. The van der Waals surface area contributed by atoms with E-state index in [1.54, 1.807) is 7.11 Å². The Labute approximate surface area is 207 Å². The molecule has 1 heterocycles. The molecule has 1 saturated carbocycles. The molecule has 0 unspecified atom stereocenters. The Morgan fingerprint density at radius 1 is 1.12 bits per heavy atom. The minimum Gasteiger partial charge on any atom is -0.493 e. The van der Waals surface area contributed by atoms with Crippen molar-refractivity contribution in [2.45, 2.75) is 58.9 Å². The number of carbonyl (C=O) groups is 1. The van der Waals surface area contributed by atoms with Gasteiger partial charge in [-0.15, -0.1) is 0 Å². The highest BCUT2D eigenvalue weighted by atomic mass is 32.2. The van der Waals surface area contributed by atoms with E-state index in [1.165, 1.54) is 23.7 Å². The Hall–Kier alpha value is -2.73. The fraction of sp³-hybridized carbons (Fsp3) is 0.429. The second kappa shape index (κ2) is 11.1. The van der Waals surface area contributed by atoms with E-state index in [9.17, 15) is 4.79 Å². The van der Waals surface area contributed by atoms with Gasteiger partial charge in [0.2, 0.25) is 0 Å². The van der Waals surface area contributed by atoms with Crippen LogP contribution in [-0.2, 0) is 4.79 Å². The molecular formula is C28H34N2O3S. The average Bonchev–Trinajstić information content (AvgIpc) is 3.14. The average molecular weight is 479 g/mol. The molecule has 6 heteroatoms. The van der Waals surface area contributed by atoms with Gasteiger partial charge >= 0.3 is 0 Å². The van der Waals surface area contributed by atoms with E-state index >= 15 is 0 Å². The normalized spacial score (nSPS) is 19.4. The molecule has 0 bridgehead atoms. The van der Waals surface area contributed by atoms with Crippen LogP contribution in [0.4, 0.5) is 5.69 Å². The summed E-state index contributed by atoms with van der Waals surface area (Å²) in [6.45, 7) is 6.86. The zero-order chi connectivity index (χ0) is 24.1. The third-order valence-electron chi connectivity index (χ3n) is 6.11. The van der Waals surface area contributed by atoms with E-state index in [-0.39, 0.29) is 11.9 Å². The summed E-state index contributed by atoms with van der Waals surface area (Å²) in [7, 11) is 1.64. The molecule has 1 amide bonds. The highest BCUT2D eigenvalue weighted by Crippen LogP contribution is 2.41. The lowest BCUT2D eigenvalue weighted by Gasteiger charge is -2.30. The first kappa shape index (κ1) is 24.4. The van der Waals surface area contributed by atoms with Crippen LogP contribution >= 0.6 is 11.8 Å². The van der Waals surface area contributed by atoms with Gasteiger partial charge in [-0.2, -0.15) is 0 Å². The van der Waals surface area contributed by atoms with Crippen molar-refractivity contribution >= 4 is 34.6 Å². The van der Waals surface area contributed by atoms with E-state index in [4.69, 9.17) is 14.5 Å². The number of methoxy groups -OCH3 is 1. The lowest BCUT2D eigenvalue weighted by molar-refractivity contribution is -0.124. The van der Waals surface area contributed by atoms with Crippen molar-refractivity contribution in [2.75, 3.05) is 13.7 Å². The number of carbonyl (C=O) groups excluding carboxylic acids is 1. The van der Waals surface area contributed by atoms with Crippen LogP contribution in [0, 0.1) is 12.8 Å². The van der Waals surface area contributed by atoms with Gasteiger partial charge in [0.25, 0.3) is 5.91 Å². The number of nitrogens with zero attached hydrogens (tertiary/aromatic N) is 2. The van der Waals surface area contributed by atoms with Crippen molar-refractivity contribution in [3.63, 3.8) is 0 Å². The number of amidine groups is 1. The second-order valence-corrected chi connectivity index (χ2v) is 10.4. The van der Waals surface area contributed by atoms with Gasteiger partial charge in [0.1, 0.15) is 0 Å². The maximum atomic E-state index is 13.7. The molecular weight excluding hydrogens is 444 g/mol. The number of rotatable bonds is 7. The maximum Gasteiger partial charge on any atom is 0.267 e. The molecule has 180 valence electrons. The Morgan fingerprint density at radius 2 is 1.85 bits per heavy atom. The molecule has 1 aliphatic heterocycles. The van der Waals surface area contributed by atoms with Crippen molar-refractivity contribution < 1.29 is 14.3 Å². The van der Waals surface area contributed by atoms with Crippen molar-refractivity contribution in [3.8, 4) is 11.5 Å². The third-order valence-corrected chi connectivity index (χ3v) is 7.10. The number of para-hydroxylation sites is 1. The van der Waals surface area contributed by atoms with Gasteiger partial charge in [-0.05, 0) is 61.7 Å². The summed E-state index contributed by atoms with van der Waals surface area (Å²) in [5.74, 6) is 1.75. The number of hydrogen-bond donors (Lipinski definition) is 0. The third kappa shape index (κ3) is 5.66. The lowest BCUT2D eigenvalue weighted by atomic mass is 9.94. The molecule has 2 aromatic rings. The lowest BCUT2D eigenvalue weighted by Crippen LogP contribution is -2.40. The second-order valence-electron chi connectivity index (χ2n) is 9.39. The molecule has 0 radical (unpaired) electrons. The van der Waals surface area contributed by atoms with Crippen LogP contribution in [0.5, 0.6) is 11.5 Å². The van der Waals surface area contributed by atoms with Gasteiger partial charge in [0.05, 0.1) is 24.3 Å². The number of benzene rings is 2. The van der Waals surface area contributed by atoms with E-state index in [0.29, 0.717) is 28.9 Å². The van der Waals surface area contributed by atoms with Crippen LogP contribution in [0.3, 0.4) is 0 Å². The minimum atomic E-state index is 0.0281. The van der Waals surface area contributed by atoms with Crippen LogP contribution < -0.4 is 9.47 Å². The van der Waals surface area contributed by atoms with Gasteiger partial charge in [-0.3, -0.25) is 9.69 Å². The van der Waals surface area contributed by atoms with Crippen molar-refractivity contribution in [1.82, 2.24) is 4.90 Å². The molecule has 1 saturated heterocycles. The van der Waals surface area contributed by atoms with Crippen molar-refractivity contribution in [2.24, 2.45) is 10.9 Å². The summed E-state index contributed by atoms with van der Waals surface area (Å²) in [6, 6.07) is 14.1. The van der Waals surface area contributed by atoms with Gasteiger partial charge in [0, 0.05) is 11.6 Å². The summed E-state index contributed by atoms with van der Waals surface area (Å²) < 4.78 is 11.7. The SMILES string of the molecule is COc1cccc(/C=C2/SC(=Nc3ccc(C)cc3)N(C3CCCCC3)C2=O)c1OCC(C)C. The van der Waals surface area contributed by atoms with E-state index in [0.717, 1.165) is 42.1 Å². The summed E-state index contributed by atoms with van der Waals surface area (Å²) in [5, 5.41) is 0.763. The molecule has 0 atom stereocenters. The largest absolute Gasteiger partial charge is 0.493 e. The van der Waals surface area contributed by atoms with E-state index in [1.807, 2.05) is 41.3 Å². The molecule has 5 nitrogen and oxygen atoms in total. The fourth-order valence-electron chi connectivity index (χ4n) is 4.31. The monoisotopic (exact) mass is 478 g/mol. The molecule has 34 heavy (non-hydrogen) atoms.